The summed E-state index contributed by atoms with van der Waals surface area (Å²) >= 11 is 0. The summed E-state index contributed by atoms with van der Waals surface area (Å²) in [5.41, 5.74) is 0. The SMILES string of the molecule is CNCCCC(=O)OC(=O)C(F)(F)F. The van der Waals surface area contributed by atoms with E-state index in [4.69, 9.17) is 0 Å². The highest BCUT2D eigenvalue weighted by atomic mass is 19.4. The molecule has 1 N–H and O–H groups in total. The molecule has 0 spiro atoms. The number of rotatable bonds is 4. The number of hydrogen-bond donors (Lipinski definition) is 1. The molecule has 14 heavy (non-hydrogen) atoms. The van der Waals surface area contributed by atoms with Crippen molar-refractivity contribution < 1.29 is 27.5 Å². The molecule has 0 unspecified atom stereocenters. The highest BCUT2D eigenvalue weighted by molar-refractivity contribution is 5.88. The summed E-state index contributed by atoms with van der Waals surface area (Å²) in [7, 11) is 1.63. The standard InChI is InChI=1S/C7H10F3NO3/c1-11-4-2-3-5(12)14-6(13)7(8,9)10/h11H,2-4H2,1H3. The molecule has 82 valence electrons. The molecule has 0 saturated carbocycles. The van der Waals surface area contributed by atoms with Gasteiger partial charge in [0.05, 0.1) is 0 Å². The van der Waals surface area contributed by atoms with Crippen LogP contribution >= 0.6 is 0 Å². The van der Waals surface area contributed by atoms with Gasteiger partial charge in [0.15, 0.2) is 0 Å². The molecule has 0 aliphatic heterocycles. The van der Waals surface area contributed by atoms with Crippen LogP contribution in [0.5, 0.6) is 0 Å². The number of esters is 2. The minimum Gasteiger partial charge on any atom is -0.386 e. The van der Waals surface area contributed by atoms with Crippen LogP contribution in [0, 0.1) is 0 Å². The molecule has 0 atom stereocenters. The van der Waals surface area contributed by atoms with E-state index in [1.54, 1.807) is 7.05 Å². The molecular formula is C7H10F3NO3. The molecule has 7 heteroatoms. The Bertz CT molecular complexity index is 215. The minimum absolute atomic E-state index is 0.220. The lowest BCUT2D eigenvalue weighted by Crippen LogP contribution is -2.28. The second kappa shape index (κ2) is 5.58. The third-order valence-electron chi connectivity index (χ3n) is 1.25. The molecule has 0 aliphatic rings. The lowest BCUT2D eigenvalue weighted by Gasteiger charge is -2.04. The highest BCUT2D eigenvalue weighted by Gasteiger charge is 2.42. The van der Waals surface area contributed by atoms with Crippen LogP contribution in [0.15, 0.2) is 0 Å². The second-order valence-corrected chi connectivity index (χ2v) is 2.47. The number of carbonyl (C=O) groups excluding carboxylic acids is 2. The van der Waals surface area contributed by atoms with Gasteiger partial charge in [-0.05, 0) is 20.0 Å². The molecule has 0 heterocycles. The van der Waals surface area contributed by atoms with Crippen molar-refractivity contribution in [3.05, 3.63) is 0 Å². The fourth-order valence-electron chi connectivity index (χ4n) is 0.622. The van der Waals surface area contributed by atoms with Crippen LogP contribution in [0.1, 0.15) is 12.8 Å². The van der Waals surface area contributed by atoms with Crippen molar-refractivity contribution in [1.82, 2.24) is 5.32 Å². The molecule has 0 saturated heterocycles. The van der Waals surface area contributed by atoms with Gasteiger partial charge in [0, 0.05) is 6.42 Å². The lowest BCUT2D eigenvalue weighted by atomic mass is 10.3. The molecule has 0 fully saturated rings. The zero-order valence-corrected chi connectivity index (χ0v) is 7.48. The van der Waals surface area contributed by atoms with Crippen molar-refractivity contribution >= 4 is 11.9 Å². The van der Waals surface area contributed by atoms with E-state index in [1.165, 1.54) is 0 Å². The van der Waals surface area contributed by atoms with Crippen molar-refractivity contribution in [3.8, 4) is 0 Å². The molecule has 0 radical (unpaired) electrons. The third kappa shape index (κ3) is 5.52. The predicted octanol–water partition coefficient (Wildman–Crippen LogP) is 0.618. The van der Waals surface area contributed by atoms with Gasteiger partial charge in [-0.15, -0.1) is 0 Å². The fourth-order valence-corrected chi connectivity index (χ4v) is 0.622. The van der Waals surface area contributed by atoms with Crippen LogP contribution in [-0.4, -0.2) is 31.7 Å². The van der Waals surface area contributed by atoms with E-state index < -0.39 is 18.1 Å². The van der Waals surface area contributed by atoms with Gasteiger partial charge in [-0.3, -0.25) is 4.79 Å². The van der Waals surface area contributed by atoms with Crippen molar-refractivity contribution in [3.63, 3.8) is 0 Å². The molecule has 0 aromatic heterocycles. The fraction of sp³-hybridized carbons (Fsp3) is 0.714. The highest BCUT2D eigenvalue weighted by Crippen LogP contribution is 2.16. The van der Waals surface area contributed by atoms with Gasteiger partial charge in [-0.1, -0.05) is 0 Å². The number of alkyl halides is 3. The summed E-state index contributed by atoms with van der Waals surface area (Å²) in [4.78, 5) is 20.7. The van der Waals surface area contributed by atoms with Gasteiger partial charge in [-0.2, -0.15) is 13.2 Å². The molecule has 0 bridgehead atoms. The smallest absolute Gasteiger partial charge is 0.386 e. The van der Waals surface area contributed by atoms with Gasteiger partial charge in [0.2, 0.25) is 0 Å². The first kappa shape index (κ1) is 12.9. The summed E-state index contributed by atoms with van der Waals surface area (Å²) in [6.07, 6.45) is -5.01. The Labute approximate surface area is 78.4 Å². The van der Waals surface area contributed by atoms with Crippen LogP contribution < -0.4 is 5.32 Å². The Morgan fingerprint density at radius 1 is 1.36 bits per heavy atom. The van der Waals surface area contributed by atoms with Gasteiger partial charge < -0.3 is 10.1 Å². The van der Waals surface area contributed by atoms with E-state index >= 15 is 0 Å². The minimum atomic E-state index is -5.11. The maximum absolute atomic E-state index is 11.6. The maximum atomic E-state index is 11.6. The summed E-state index contributed by atoms with van der Waals surface area (Å²) in [5.74, 6) is -3.63. The van der Waals surface area contributed by atoms with E-state index in [9.17, 15) is 22.8 Å². The normalized spacial score (nSPS) is 11.1. The number of nitrogens with one attached hydrogen (secondary N) is 1. The van der Waals surface area contributed by atoms with Crippen molar-refractivity contribution in [2.24, 2.45) is 0 Å². The van der Waals surface area contributed by atoms with Crippen LogP contribution in [0.2, 0.25) is 0 Å². The van der Waals surface area contributed by atoms with Gasteiger partial charge in [0.25, 0.3) is 0 Å². The molecule has 0 aliphatic carbocycles. The average molecular weight is 213 g/mol. The molecule has 0 amide bonds. The Morgan fingerprint density at radius 3 is 2.36 bits per heavy atom. The monoisotopic (exact) mass is 213 g/mol. The summed E-state index contributed by atoms with van der Waals surface area (Å²) in [6, 6.07) is 0. The predicted molar refractivity (Wildman–Crippen MR) is 40.3 cm³/mol. The molecule has 4 nitrogen and oxygen atoms in total. The van der Waals surface area contributed by atoms with Crippen molar-refractivity contribution in [1.29, 1.82) is 0 Å². The van der Waals surface area contributed by atoms with Crippen LogP contribution in [0.3, 0.4) is 0 Å². The van der Waals surface area contributed by atoms with E-state index in [0.29, 0.717) is 13.0 Å². The Hall–Kier alpha value is -1.11. The largest absolute Gasteiger partial charge is 0.491 e. The molecule has 0 aromatic rings. The van der Waals surface area contributed by atoms with E-state index in [2.05, 4.69) is 10.1 Å². The Balaban J connectivity index is 3.78. The topological polar surface area (TPSA) is 55.4 Å². The van der Waals surface area contributed by atoms with E-state index in [0.717, 1.165) is 0 Å². The summed E-state index contributed by atoms with van der Waals surface area (Å²) in [6.45, 7) is 0.468. The van der Waals surface area contributed by atoms with Gasteiger partial charge >= 0.3 is 18.1 Å². The van der Waals surface area contributed by atoms with Crippen molar-refractivity contribution in [2.75, 3.05) is 13.6 Å². The van der Waals surface area contributed by atoms with Crippen LogP contribution in [0.4, 0.5) is 13.2 Å². The van der Waals surface area contributed by atoms with Gasteiger partial charge in [-0.25, -0.2) is 4.79 Å². The number of halogens is 3. The average Bonchev–Trinajstić information content (AvgIpc) is 2.03. The second-order valence-electron chi connectivity index (χ2n) is 2.47. The Kier molecular flexibility index (Phi) is 5.14. The number of hydrogen-bond acceptors (Lipinski definition) is 4. The van der Waals surface area contributed by atoms with Crippen molar-refractivity contribution in [2.45, 2.75) is 19.0 Å². The first-order chi connectivity index (χ1) is 6.38. The molecular weight excluding hydrogens is 203 g/mol. The number of ether oxygens (including phenoxy) is 1. The zero-order chi connectivity index (χ0) is 11.2. The molecule has 0 aromatic carbocycles. The lowest BCUT2D eigenvalue weighted by molar-refractivity contribution is -0.201. The first-order valence-electron chi connectivity index (χ1n) is 3.84. The van der Waals surface area contributed by atoms with Gasteiger partial charge in [0.1, 0.15) is 0 Å². The zero-order valence-electron chi connectivity index (χ0n) is 7.48. The quantitative estimate of drug-likeness (QED) is 0.422. The summed E-state index contributed by atoms with van der Waals surface area (Å²) in [5, 5.41) is 2.69. The van der Waals surface area contributed by atoms with Crippen LogP contribution in [-0.2, 0) is 14.3 Å². The van der Waals surface area contributed by atoms with E-state index in [-0.39, 0.29) is 6.42 Å². The summed E-state index contributed by atoms with van der Waals surface area (Å²) < 4.78 is 38.2. The maximum Gasteiger partial charge on any atom is 0.491 e. The third-order valence-corrected chi connectivity index (χ3v) is 1.25. The Morgan fingerprint density at radius 2 is 1.93 bits per heavy atom. The van der Waals surface area contributed by atoms with E-state index in [1.807, 2.05) is 0 Å². The number of carbonyl (C=O) groups is 2. The molecule has 0 rings (SSSR count). The van der Waals surface area contributed by atoms with Crippen LogP contribution in [0.25, 0.3) is 0 Å². The first-order valence-corrected chi connectivity index (χ1v) is 3.84.